The van der Waals surface area contributed by atoms with Crippen molar-refractivity contribution in [2.24, 2.45) is 0 Å². The van der Waals surface area contributed by atoms with Gasteiger partial charge in [0.1, 0.15) is 5.15 Å². The van der Waals surface area contributed by atoms with Crippen LogP contribution in [0.1, 0.15) is 42.4 Å². The second kappa shape index (κ2) is 5.86. The molecule has 1 aromatic heterocycles. The van der Waals surface area contributed by atoms with Crippen LogP contribution in [0.3, 0.4) is 0 Å². The van der Waals surface area contributed by atoms with Crippen LogP contribution in [0.5, 0.6) is 0 Å². The maximum absolute atomic E-state index is 12.2. The molecule has 2 rings (SSSR count). The lowest BCUT2D eigenvalue weighted by Gasteiger charge is -2.19. The van der Waals surface area contributed by atoms with Crippen LogP contribution in [0.15, 0.2) is 36.4 Å². The minimum atomic E-state index is -0.189. The monoisotopic (exact) mass is 302 g/mol. The fraction of sp³-hybridized carbons (Fsp3) is 0.294. The number of halogens is 1. The van der Waals surface area contributed by atoms with Gasteiger partial charge in [-0.3, -0.25) is 4.79 Å². The van der Waals surface area contributed by atoms with E-state index in [-0.39, 0.29) is 11.3 Å². The summed E-state index contributed by atoms with van der Waals surface area (Å²) in [7, 11) is 0. The lowest BCUT2D eigenvalue weighted by atomic mass is 9.87. The number of aryl methyl sites for hydroxylation is 1. The highest BCUT2D eigenvalue weighted by Gasteiger charge is 2.13. The van der Waals surface area contributed by atoms with Crippen LogP contribution in [0, 0.1) is 6.92 Å². The quantitative estimate of drug-likeness (QED) is 0.824. The van der Waals surface area contributed by atoms with Gasteiger partial charge in [0.05, 0.1) is 0 Å². The summed E-state index contributed by atoms with van der Waals surface area (Å²) in [6, 6.07) is 11.2. The van der Waals surface area contributed by atoms with Crippen molar-refractivity contribution in [2.75, 3.05) is 5.32 Å². The summed E-state index contributed by atoms with van der Waals surface area (Å²) < 4.78 is 0. The normalized spacial score (nSPS) is 11.3. The Labute approximate surface area is 130 Å². The predicted octanol–water partition coefficient (Wildman–Crippen LogP) is 4.59. The van der Waals surface area contributed by atoms with E-state index in [9.17, 15) is 4.79 Å². The number of aromatic nitrogens is 1. The van der Waals surface area contributed by atoms with Gasteiger partial charge in [-0.15, -0.1) is 0 Å². The lowest BCUT2D eigenvalue weighted by Crippen LogP contribution is -2.14. The average molecular weight is 303 g/mol. The third-order valence-corrected chi connectivity index (χ3v) is 3.39. The number of carbonyl (C=O) groups excluding carboxylic acids is 1. The molecule has 1 aromatic carbocycles. The number of hydrogen-bond acceptors (Lipinski definition) is 2. The molecule has 0 saturated carbocycles. The molecule has 0 aliphatic rings. The van der Waals surface area contributed by atoms with Crippen molar-refractivity contribution in [2.45, 2.75) is 33.1 Å². The number of anilines is 1. The van der Waals surface area contributed by atoms with Crippen molar-refractivity contribution in [1.29, 1.82) is 0 Å². The summed E-state index contributed by atoms with van der Waals surface area (Å²) in [6.07, 6.45) is 0. The Hall–Kier alpha value is -1.87. The highest BCUT2D eigenvalue weighted by atomic mass is 35.5. The van der Waals surface area contributed by atoms with Gasteiger partial charge >= 0.3 is 0 Å². The summed E-state index contributed by atoms with van der Waals surface area (Å²) in [5, 5.41) is 3.19. The number of rotatable bonds is 2. The first-order chi connectivity index (χ1) is 9.75. The minimum Gasteiger partial charge on any atom is -0.322 e. The fourth-order valence-electron chi connectivity index (χ4n) is 2.02. The van der Waals surface area contributed by atoms with Crippen molar-refractivity contribution < 1.29 is 4.79 Å². The zero-order valence-corrected chi connectivity index (χ0v) is 13.5. The third kappa shape index (κ3) is 4.05. The van der Waals surface area contributed by atoms with Crippen molar-refractivity contribution in [3.05, 3.63) is 58.4 Å². The number of carbonyl (C=O) groups is 1. The zero-order chi connectivity index (χ0) is 15.6. The molecule has 0 unspecified atom stereocenters. The minimum absolute atomic E-state index is 0.0955. The largest absolute Gasteiger partial charge is 0.322 e. The fourth-order valence-corrected chi connectivity index (χ4v) is 2.27. The van der Waals surface area contributed by atoms with Crippen molar-refractivity contribution in [1.82, 2.24) is 4.98 Å². The molecule has 110 valence electrons. The van der Waals surface area contributed by atoms with Crippen LogP contribution in [0.25, 0.3) is 0 Å². The molecule has 1 heterocycles. The standard InChI is InChI=1S/C17H19ClN2O/c1-11-9-12(10-15(18)19-11)16(21)20-14-7-5-13(6-8-14)17(2,3)4/h5-10H,1-4H3,(H,20,21). The molecule has 0 aliphatic heterocycles. The maximum Gasteiger partial charge on any atom is 0.255 e. The number of benzene rings is 1. The second-order valence-electron chi connectivity index (χ2n) is 6.10. The molecule has 1 N–H and O–H groups in total. The molecule has 0 spiro atoms. The highest BCUT2D eigenvalue weighted by Crippen LogP contribution is 2.23. The summed E-state index contributed by atoms with van der Waals surface area (Å²) >= 11 is 5.88. The van der Waals surface area contributed by atoms with E-state index in [1.54, 1.807) is 19.1 Å². The van der Waals surface area contributed by atoms with Crippen molar-refractivity contribution >= 4 is 23.2 Å². The molecule has 1 amide bonds. The van der Waals surface area contributed by atoms with Gasteiger partial charge < -0.3 is 5.32 Å². The Balaban J connectivity index is 2.16. The Kier molecular flexibility index (Phi) is 4.33. The highest BCUT2D eigenvalue weighted by molar-refractivity contribution is 6.29. The van der Waals surface area contributed by atoms with E-state index in [4.69, 9.17) is 11.6 Å². The first-order valence-corrected chi connectivity index (χ1v) is 7.19. The third-order valence-electron chi connectivity index (χ3n) is 3.19. The molecule has 0 aliphatic carbocycles. The molecule has 0 saturated heterocycles. The van der Waals surface area contributed by atoms with Crippen LogP contribution in [-0.2, 0) is 5.41 Å². The number of hydrogen-bond donors (Lipinski definition) is 1. The van der Waals surface area contributed by atoms with E-state index in [2.05, 4.69) is 31.1 Å². The van der Waals surface area contributed by atoms with E-state index in [1.165, 1.54) is 5.56 Å². The SMILES string of the molecule is Cc1cc(C(=O)Nc2ccc(C(C)(C)C)cc2)cc(Cl)n1. The van der Waals surface area contributed by atoms with Gasteiger partial charge in [0, 0.05) is 16.9 Å². The summed E-state index contributed by atoms with van der Waals surface area (Å²) in [6.45, 7) is 8.27. The Morgan fingerprint density at radius 1 is 1.14 bits per heavy atom. The molecular weight excluding hydrogens is 284 g/mol. The summed E-state index contributed by atoms with van der Waals surface area (Å²) in [4.78, 5) is 16.3. The van der Waals surface area contributed by atoms with Crippen LogP contribution in [0.2, 0.25) is 5.15 Å². The molecule has 21 heavy (non-hydrogen) atoms. The van der Waals surface area contributed by atoms with E-state index < -0.39 is 0 Å². The van der Waals surface area contributed by atoms with E-state index in [0.717, 1.165) is 11.4 Å². The molecule has 0 radical (unpaired) electrons. The van der Waals surface area contributed by atoms with Crippen molar-refractivity contribution in [3.8, 4) is 0 Å². The number of nitrogens with zero attached hydrogens (tertiary/aromatic N) is 1. The van der Waals surface area contributed by atoms with Gasteiger partial charge in [0.2, 0.25) is 0 Å². The van der Waals surface area contributed by atoms with E-state index in [1.807, 2.05) is 24.3 Å². The van der Waals surface area contributed by atoms with Crippen LogP contribution in [0.4, 0.5) is 5.69 Å². The van der Waals surface area contributed by atoms with Crippen LogP contribution >= 0.6 is 11.6 Å². The Bertz CT molecular complexity index is 637. The van der Waals surface area contributed by atoms with E-state index in [0.29, 0.717) is 10.7 Å². The average Bonchev–Trinajstić information content (AvgIpc) is 2.37. The van der Waals surface area contributed by atoms with Gasteiger partial charge in [-0.25, -0.2) is 4.98 Å². The maximum atomic E-state index is 12.2. The molecule has 2 aromatic rings. The second-order valence-corrected chi connectivity index (χ2v) is 6.49. The van der Waals surface area contributed by atoms with Gasteiger partial charge in [-0.1, -0.05) is 44.5 Å². The predicted molar refractivity (Wildman–Crippen MR) is 87.1 cm³/mol. The van der Waals surface area contributed by atoms with Crippen LogP contribution in [-0.4, -0.2) is 10.9 Å². The van der Waals surface area contributed by atoms with Gasteiger partial charge in [0.15, 0.2) is 0 Å². The Morgan fingerprint density at radius 3 is 2.29 bits per heavy atom. The topological polar surface area (TPSA) is 42.0 Å². The van der Waals surface area contributed by atoms with E-state index >= 15 is 0 Å². The first-order valence-electron chi connectivity index (χ1n) is 6.82. The van der Waals surface area contributed by atoms with Crippen molar-refractivity contribution in [3.63, 3.8) is 0 Å². The number of nitrogens with one attached hydrogen (secondary N) is 1. The molecular formula is C17H19ClN2O. The number of pyridine rings is 1. The van der Waals surface area contributed by atoms with Crippen LogP contribution < -0.4 is 5.32 Å². The smallest absolute Gasteiger partial charge is 0.255 e. The van der Waals surface area contributed by atoms with Gasteiger partial charge in [-0.05, 0) is 42.2 Å². The van der Waals surface area contributed by atoms with Gasteiger partial charge in [0.25, 0.3) is 5.91 Å². The molecule has 0 atom stereocenters. The molecule has 3 nitrogen and oxygen atoms in total. The molecule has 0 fully saturated rings. The number of amides is 1. The van der Waals surface area contributed by atoms with Gasteiger partial charge in [-0.2, -0.15) is 0 Å². The molecule has 0 bridgehead atoms. The summed E-state index contributed by atoms with van der Waals surface area (Å²) in [5.74, 6) is -0.189. The Morgan fingerprint density at radius 2 is 1.76 bits per heavy atom. The summed E-state index contributed by atoms with van der Waals surface area (Å²) in [5.41, 5.74) is 3.31. The first kappa shape index (κ1) is 15.5. The lowest BCUT2D eigenvalue weighted by molar-refractivity contribution is 0.102. The zero-order valence-electron chi connectivity index (χ0n) is 12.7. The molecule has 4 heteroatoms.